The first kappa shape index (κ1) is 17.7. The number of carbonyl (C=O) groups excluding carboxylic acids is 1. The molecule has 0 spiro atoms. The second kappa shape index (κ2) is 7.87. The number of hydrogen-bond donors (Lipinski definition) is 1. The Morgan fingerprint density at radius 3 is 2.65 bits per heavy atom. The van der Waals surface area contributed by atoms with Gasteiger partial charge in [-0.25, -0.2) is 5.43 Å². The van der Waals surface area contributed by atoms with Crippen LogP contribution < -0.4 is 10.2 Å². The molecule has 0 saturated heterocycles. The maximum absolute atomic E-state index is 11.9. The average molecular weight is 349 g/mol. The highest BCUT2D eigenvalue weighted by atomic mass is 16.5. The number of rotatable bonds is 6. The molecule has 1 heterocycles. The van der Waals surface area contributed by atoms with Crippen LogP contribution in [-0.2, 0) is 4.79 Å². The second-order valence-electron chi connectivity index (χ2n) is 6.50. The summed E-state index contributed by atoms with van der Waals surface area (Å²) in [6, 6.07) is 16.1. The van der Waals surface area contributed by atoms with Crippen molar-refractivity contribution in [1.82, 2.24) is 9.99 Å². The van der Waals surface area contributed by atoms with Crippen molar-refractivity contribution < 1.29 is 9.53 Å². The summed E-state index contributed by atoms with van der Waals surface area (Å²) in [4.78, 5) is 11.9. The fourth-order valence-electron chi connectivity index (χ4n) is 2.75. The first-order valence-electron chi connectivity index (χ1n) is 8.65. The van der Waals surface area contributed by atoms with E-state index < -0.39 is 0 Å². The van der Waals surface area contributed by atoms with Crippen LogP contribution in [0.4, 0.5) is 0 Å². The molecule has 0 unspecified atom stereocenters. The van der Waals surface area contributed by atoms with Crippen LogP contribution in [0.1, 0.15) is 31.0 Å². The summed E-state index contributed by atoms with van der Waals surface area (Å²) in [5.74, 6) is 0.365. The highest BCUT2D eigenvalue weighted by molar-refractivity contribution is 5.99. The first-order chi connectivity index (χ1) is 12.5. The number of carbonyl (C=O) groups is 1. The van der Waals surface area contributed by atoms with Crippen molar-refractivity contribution in [2.45, 2.75) is 26.8 Å². The molecule has 0 bridgehead atoms. The van der Waals surface area contributed by atoms with Gasteiger partial charge in [0.1, 0.15) is 5.75 Å². The summed E-state index contributed by atoms with van der Waals surface area (Å²) in [6.07, 6.45) is 3.72. The molecule has 1 aromatic heterocycles. The molecule has 0 saturated carbocycles. The molecule has 1 N–H and O–H groups in total. The van der Waals surface area contributed by atoms with Gasteiger partial charge in [-0.3, -0.25) is 4.79 Å². The maximum atomic E-state index is 11.9. The van der Waals surface area contributed by atoms with Crippen molar-refractivity contribution in [2.24, 2.45) is 5.10 Å². The van der Waals surface area contributed by atoms with Gasteiger partial charge in [-0.2, -0.15) is 5.10 Å². The lowest BCUT2D eigenvalue weighted by molar-refractivity contribution is -0.123. The Bertz CT molecular complexity index is 924. The standard InChI is InChI=1S/C21H23N3O2/c1-15(2)24-13-17(19-6-4-5-7-20(19)24)12-22-23-21(25)14-26-18-10-8-16(3)9-11-18/h4-13,15H,14H2,1-3H3,(H,23,25)/b22-12-. The van der Waals surface area contributed by atoms with E-state index in [0.717, 1.165) is 22.0 Å². The van der Waals surface area contributed by atoms with Crippen LogP contribution >= 0.6 is 0 Å². The number of nitrogens with one attached hydrogen (secondary N) is 1. The fraction of sp³-hybridized carbons (Fsp3) is 0.238. The minimum absolute atomic E-state index is 0.0752. The monoisotopic (exact) mass is 349 g/mol. The Morgan fingerprint density at radius 2 is 1.92 bits per heavy atom. The molecule has 2 aromatic carbocycles. The van der Waals surface area contributed by atoms with Gasteiger partial charge in [-0.15, -0.1) is 0 Å². The summed E-state index contributed by atoms with van der Waals surface area (Å²) in [5.41, 5.74) is 5.78. The van der Waals surface area contributed by atoms with Gasteiger partial charge in [0.2, 0.25) is 0 Å². The SMILES string of the molecule is Cc1ccc(OCC(=O)N/N=C\c2cn(C(C)C)c3ccccc23)cc1. The van der Waals surface area contributed by atoms with Crippen LogP contribution in [0.3, 0.4) is 0 Å². The van der Waals surface area contributed by atoms with E-state index >= 15 is 0 Å². The van der Waals surface area contributed by atoms with Gasteiger partial charge in [-0.05, 0) is 39.0 Å². The highest BCUT2D eigenvalue weighted by Gasteiger charge is 2.08. The molecular formula is C21H23N3O2. The van der Waals surface area contributed by atoms with Gasteiger partial charge >= 0.3 is 0 Å². The van der Waals surface area contributed by atoms with Crippen molar-refractivity contribution in [3.8, 4) is 5.75 Å². The number of fused-ring (bicyclic) bond motifs is 1. The normalized spacial score (nSPS) is 11.4. The molecule has 134 valence electrons. The van der Waals surface area contributed by atoms with Crippen molar-refractivity contribution in [2.75, 3.05) is 6.61 Å². The molecule has 26 heavy (non-hydrogen) atoms. The number of nitrogens with zero attached hydrogens (tertiary/aromatic N) is 2. The zero-order valence-electron chi connectivity index (χ0n) is 15.3. The maximum Gasteiger partial charge on any atom is 0.277 e. The molecule has 0 fully saturated rings. The van der Waals surface area contributed by atoms with Crippen LogP contribution in [0.2, 0.25) is 0 Å². The van der Waals surface area contributed by atoms with E-state index in [0.29, 0.717) is 11.8 Å². The predicted octanol–water partition coefficient (Wildman–Crippen LogP) is 4.06. The number of aryl methyl sites for hydroxylation is 1. The molecule has 0 aliphatic carbocycles. The lowest BCUT2D eigenvalue weighted by Crippen LogP contribution is -2.24. The Hall–Kier alpha value is -3.08. The molecular weight excluding hydrogens is 326 g/mol. The van der Waals surface area contributed by atoms with Crippen LogP contribution in [-0.4, -0.2) is 23.3 Å². The highest BCUT2D eigenvalue weighted by Crippen LogP contribution is 2.23. The fourth-order valence-corrected chi connectivity index (χ4v) is 2.75. The van der Waals surface area contributed by atoms with Crippen LogP contribution in [0.25, 0.3) is 10.9 Å². The molecule has 0 atom stereocenters. The molecule has 0 radical (unpaired) electrons. The van der Waals surface area contributed by atoms with E-state index in [4.69, 9.17) is 4.74 Å². The number of amides is 1. The lowest BCUT2D eigenvalue weighted by Gasteiger charge is -2.08. The minimum atomic E-state index is -0.297. The molecule has 1 amide bonds. The molecule has 5 heteroatoms. The van der Waals surface area contributed by atoms with Gasteiger partial charge in [0.15, 0.2) is 6.61 Å². The van der Waals surface area contributed by atoms with E-state index in [1.807, 2.05) is 49.5 Å². The van der Waals surface area contributed by atoms with Crippen molar-refractivity contribution in [3.05, 3.63) is 65.9 Å². The van der Waals surface area contributed by atoms with Gasteiger partial charge < -0.3 is 9.30 Å². The Morgan fingerprint density at radius 1 is 1.19 bits per heavy atom. The van der Waals surface area contributed by atoms with Gasteiger partial charge in [0, 0.05) is 28.7 Å². The van der Waals surface area contributed by atoms with Crippen LogP contribution in [0, 0.1) is 6.92 Å². The largest absolute Gasteiger partial charge is 0.484 e. The summed E-state index contributed by atoms with van der Waals surface area (Å²) in [5, 5.41) is 5.18. The van der Waals surface area contributed by atoms with E-state index in [2.05, 4.69) is 41.1 Å². The predicted molar refractivity (Wildman–Crippen MR) is 105 cm³/mol. The zero-order valence-corrected chi connectivity index (χ0v) is 15.3. The van der Waals surface area contributed by atoms with Gasteiger partial charge in [-0.1, -0.05) is 35.9 Å². The smallest absolute Gasteiger partial charge is 0.277 e. The quantitative estimate of drug-likeness (QED) is 0.539. The molecule has 0 aliphatic rings. The summed E-state index contributed by atoms with van der Waals surface area (Å²) < 4.78 is 7.63. The number of aromatic nitrogens is 1. The van der Waals surface area contributed by atoms with Crippen molar-refractivity contribution in [1.29, 1.82) is 0 Å². The number of hydrogen-bond acceptors (Lipinski definition) is 3. The zero-order chi connectivity index (χ0) is 18.5. The molecule has 3 aromatic rings. The number of ether oxygens (including phenoxy) is 1. The number of para-hydroxylation sites is 1. The Kier molecular flexibility index (Phi) is 5.37. The molecule has 3 rings (SSSR count). The third-order valence-corrected chi connectivity index (χ3v) is 4.11. The third kappa shape index (κ3) is 4.11. The van der Waals surface area contributed by atoms with Crippen molar-refractivity contribution >= 4 is 23.0 Å². The number of hydrazone groups is 1. The Labute approximate surface area is 153 Å². The summed E-state index contributed by atoms with van der Waals surface area (Å²) in [7, 11) is 0. The van der Waals surface area contributed by atoms with Crippen molar-refractivity contribution in [3.63, 3.8) is 0 Å². The Balaban J connectivity index is 1.62. The minimum Gasteiger partial charge on any atom is -0.484 e. The van der Waals surface area contributed by atoms with Gasteiger partial charge in [0.05, 0.1) is 6.21 Å². The van der Waals surface area contributed by atoms with E-state index in [-0.39, 0.29) is 12.5 Å². The summed E-state index contributed by atoms with van der Waals surface area (Å²) in [6.45, 7) is 6.20. The van der Waals surface area contributed by atoms with Crippen LogP contribution in [0.5, 0.6) is 5.75 Å². The van der Waals surface area contributed by atoms with E-state index in [1.54, 1.807) is 6.21 Å². The van der Waals surface area contributed by atoms with Crippen LogP contribution in [0.15, 0.2) is 59.8 Å². The summed E-state index contributed by atoms with van der Waals surface area (Å²) >= 11 is 0. The van der Waals surface area contributed by atoms with E-state index in [1.165, 1.54) is 0 Å². The topological polar surface area (TPSA) is 55.6 Å². The van der Waals surface area contributed by atoms with E-state index in [9.17, 15) is 4.79 Å². The average Bonchev–Trinajstić information content (AvgIpc) is 3.00. The molecule has 5 nitrogen and oxygen atoms in total. The lowest BCUT2D eigenvalue weighted by atomic mass is 10.2. The second-order valence-corrected chi connectivity index (χ2v) is 6.50. The third-order valence-electron chi connectivity index (χ3n) is 4.11. The van der Waals surface area contributed by atoms with Gasteiger partial charge in [0.25, 0.3) is 5.91 Å². The molecule has 0 aliphatic heterocycles. The number of benzene rings is 2. The first-order valence-corrected chi connectivity index (χ1v) is 8.65.